The van der Waals surface area contributed by atoms with Crippen molar-refractivity contribution in [2.24, 2.45) is 5.92 Å². The van der Waals surface area contributed by atoms with Gasteiger partial charge in [-0.3, -0.25) is 9.69 Å². The molecule has 132 valence electrons. The average Bonchev–Trinajstić information content (AvgIpc) is 3.13. The Balaban J connectivity index is 1.51. The predicted molar refractivity (Wildman–Crippen MR) is 92.0 cm³/mol. The maximum absolute atomic E-state index is 13.5. The van der Waals surface area contributed by atoms with Crippen LogP contribution in [0.2, 0.25) is 0 Å². The van der Waals surface area contributed by atoms with Crippen molar-refractivity contribution in [1.82, 2.24) is 19.4 Å². The Hall–Kier alpha value is -2.21. The van der Waals surface area contributed by atoms with Gasteiger partial charge in [-0.1, -0.05) is 12.1 Å². The largest absolute Gasteiger partial charge is 0.342 e. The first-order valence-electron chi connectivity index (χ1n) is 8.92. The molecule has 1 aromatic carbocycles. The highest BCUT2D eigenvalue weighted by Crippen LogP contribution is 2.21. The summed E-state index contributed by atoms with van der Waals surface area (Å²) in [7, 11) is 0. The number of fused-ring (bicyclic) bond motifs is 1. The summed E-state index contributed by atoms with van der Waals surface area (Å²) in [5.41, 5.74) is 0.969. The number of amides is 1. The van der Waals surface area contributed by atoms with Crippen LogP contribution in [0.4, 0.5) is 4.39 Å². The molecule has 1 fully saturated rings. The van der Waals surface area contributed by atoms with Gasteiger partial charge in [0.05, 0.1) is 6.54 Å². The standard InChI is InChI=1S/C19H23FN4O/c20-17-4-1-3-15(9-17)10-22-11-16(13-24-7-2-5-19(24)25)12-23-8-6-21-18(23)14-22/h1,3-4,6,8-9,16H,2,5,7,10-14H2/t16-/m0/s1. The Morgan fingerprint density at radius 2 is 2.20 bits per heavy atom. The smallest absolute Gasteiger partial charge is 0.222 e. The van der Waals surface area contributed by atoms with E-state index in [4.69, 9.17) is 0 Å². The first-order chi connectivity index (χ1) is 12.2. The van der Waals surface area contributed by atoms with Gasteiger partial charge in [-0.25, -0.2) is 9.37 Å². The van der Waals surface area contributed by atoms with E-state index in [9.17, 15) is 9.18 Å². The molecule has 1 saturated heterocycles. The summed E-state index contributed by atoms with van der Waals surface area (Å²) in [6, 6.07) is 6.78. The van der Waals surface area contributed by atoms with E-state index in [1.807, 2.05) is 23.4 Å². The minimum atomic E-state index is -0.201. The van der Waals surface area contributed by atoms with Crippen molar-refractivity contribution < 1.29 is 9.18 Å². The lowest BCUT2D eigenvalue weighted by atomic mass is 10.1. The van der Waals surface area contributed by atoms with Gasteiger partial charge in [0, 0.05) is 57.5 Å². The van der Waals surface area contributed by atoms with Crippen molar-refractivity contribution in [1.29, 1.82) is 0 Å². The van der Waals surface area contributed by atoms with E-state index in [0.29, 0.717) is 18.9 Å². The van der Waals surface area contributed by atoms with Gasteiger partial charge in [0.2, 0.25) is 5.91 Å². The van der Waals surface area contributed by atoms with E-state index in [0.717, 1.165) is 50.5 Å². The summed E-state index contributed by atoms with van der Waals surface area (Å²) in [6.45, 7) is 4.84. The summed E-state index contributed by atoms with van der Waals surface area (Å²) in [5.74, 6) is 1.46. The van der Waals surface area contributed by atoms with Gasteiger partial charge in [0.15, 0.2) is 0 Å². The van der Waals surface area contributed by atoms with Gasteiger partial charge in [0.25, 0.3) is 0 Å². The molecule has 0 spiro atoms. The molecular formula is C19H23FN4O. The Bertz CT molecular complexity index is 759. The molecule has 0 bridgehead atoms. The zero-order valence-electron chi connectivity index (χ0n) is 14.3. The number of benzene rings is 1. The second-order valence-corrected chi connectivity index (χ2v) is 7.10. The summed E-state index contributed by atoms with van der Waals surface area (Å²) < 4.78 is 15.7. The summed E-state index contributed by atoms with van der Waals surface area (Å²) >= 11 is 0. The third-order valence-corrected chi connectivity index (χ3v) is 5.08. The molecule has 0 aliphatic carbocycles. The number of likely N-dealkylation sites (tertiary alicyclic amines) is 1. The minimum absolute atomic E-state index is 0.201. The number of carbonyl (C=O) groups is 1. The molecule has 1 amide bonds. The highest BCUT2D eigenvalue weighted by atomic mass is 19.1. The highest BCUT2D eigenvalue weighted by Gasteiger charge is 2.27. The van der Waals surface area contributed by atoms with Crippen molar-refractivity contribution in [2.75, 3.05) is 19.6 Å². The number of halogens is 1. The molecule has 5 nitrogen and oxygen atoms in total. The normalized spacial score (nSPS) is 21.4. The number of nitrogens with zero attached hydrogens (tertiary/aromatic N) is 4. The number of rotatable bonds is 4. The van der Waals surface area contributed by atoms with Gasteiger partial charge in [-0.05, 0) is 24.1 Å². The third-order valence-electron chi connectivity index (χ3n) is 5.08. The minimum Gasteiger partial charge on any atom is -0.342 e. The topological polar surface area (TPSA) is 41.4 Å². The molecule has 3 heterocycles. The zero-order valence-corrected chi connectivity index (χ0v) is 14.3. The van der Waals surface area contributed by atoms with Crippen LogP contribution in [-0.2, 0) is 24.4 Å². The molecule has 0 saturated carbocycles. The monoisotopic (exact) mass is 342 g/mol. The van der Waals surface area contributed by atoms with Gasteiger partial charge in [-0.15, -0.1) is 0 Å². The lowest BCUT2D eigenvalue weighted by Crippen LogP contribution is -2.37. The summed E-state index contributed by atoms with van der Waals surface area (Å²) in [4.78, 5) is 20.8. The fourth-order valence-corrected chi connectivity index (χ4v) is 3.96. The molecule has 0 N–H and O–H groups in total. The second-order valence-electron chi connectivity index (χ2n) is 7.10. The van der Waals surface area contributed by atoms with Crippen LogP contribution in [0.15, 0.2) is 36.7 Å². The number of hydrogen-bond acceptors (Lipinski definition) is 3. The maximum Gasteiger partial charge on any atom is 0.222 e. The first kappa shape index (κ1) is 16.3. The molecule has 25 heavy (non-hydrogen) atoms. The number of carbonyl (C=O) groups excluding carboxylic acids is 1. The second kappa shape index (κ2) is 6.96. The molecule has 2 aliphatic rings. The van der Waals surface area contributed by atoms with Crippen LogP contribution in [0.5, 0.6) is 0 Å². The third kappa shape index (κ3) is 3.74. The molecule has 4 rings (SSSR count). The van der Waals surface area contributed by atoms with E-state index >= 15 is 0 Å². The van der Waals surface area contributed by atoms with Crippen LogP contribution in [0.1, 0.15) is 24.2 Å². The lowest BCUT2D eigenvalue weighted by Gasteiger charge is -2.27. The molecule has 2 aliphatic heterocycles. The quantitative estimate of drug-likeness (QED) is 0.856. The van der Waals surface area contributed by atoms with Crippen LogP contribution in [0.25, 0.3) is 0 Å². The van der Waals surface area contributed by atoms with E-state index < -0.39 is 0 Å². The first-order valence-corrected chi connectivity index (χ1v) is 8.92. The van der Waals surface area contributed by atoms with Crippen molar-refractivity contribution in [3.63, 3.8) is 0 Å². The van der Waals surface area contributed by atoms with Crippen LogP contribution < -0.4 is 0 Å². The molecule has 0 unspecified atom stereocenters. The van der Waals surface area contributed by atoms with Crippen LogP contribution in [-0.4, -0.2) is 44.9 Å². The summed E-state index contributed by atoms with van der Waals surface area (Å²) in [5, 5.41) is 0. The zero-order chi connectivity index (χ0) is 17.2. The van der Waals surface area contributed by atoms with Gasteiger partial charge < -0.3 is 9.47 Å². The SMILES string of the molecule is O=C1CCCN1C[C@H]1CN(Cc2cccc(F)c2)Cc2nccn2C1. The van der Waals surface area contributed by atoms with Gasteiger partial charge >= 0.3 is 0 Å². The fraction of sp³-hybridized carbons (Fsp3) is 0.474. The van der Waals surface area contributed by atoms with Crippen molar-refractivity contribution >= 4 is 5.91 Å². The van der Waals surface area contributed by atoms with E-state index in [1.165, 1.54) is 6.07 Å². The fourth-order valence-electron chi connectivity index (χ4n) is 3.96. The van der Waals surface area contributed by atoms with Gasteiger partial charge in [-0.2, -0.15) is 0 Å². The molecule has 6 heteroatoms. The van der Waals surface area contributed by atoms with Crippen LogP contribution in [0.3, 0.4) is 0 Å². The van der Waals surface area contributed by atoms with E-state index in [2.05, 4.69) is 14.5 Å². The Kier molecular flexibility index (Phi) is 4.53. The highest BCUT2D eigenvalue weighted by molar-refractivity contribution is 5.78. The molecule has 1 atom stereocenters. The molecule has 2 aromatic rings. The maximum atomic E-state index is 13.5. The van der Waals surface area contributed by atoms with Crippen molar-refractivity contribution in [2.45, 2.75) is 32.5 Å². The predicted octanol–water partition coefficient (Wildman–Crippen LogP) is 2.28. The molecule has 1 aromatic heterocycles. The van der Waals surface area contributed by atoms with Crippen LogP contribution >= 0.6 is 0 Å². The molecule has 0 radical (unpaired) electrons. The van der Waals surface area contributed by atoms with Gasteiger partial charge in [0.1, 0.15) is 11.6 Å². The van der Waals surface area contributed by atoms with E-state index in [-0.39, 0.29) is 11.7 Å². The lowest BCUT2D eigenvalue weighted by molar-refractivity contribution is -0.128. The van der Waals surface area contributed by atoms with Crippen LogP contribution in [0, 0.1) is 11.7 Å². The summed E-state index contributed by atoms with van der Waals surface area (Å²) in [6.07, 6.45) is 5.49. The Morgan fingerprint density at radius 1 is 1.28 bits per heavy atom. The number of hydrogen-bond donors (Lipinski definition) is 0. The van der Waals surface area contributed by atoms with Crippen molar-refractivity contribution in [3.05, 3.63) is 53.9 Å². The average molecular weight is 342 g/mol. The van der Waals surface area contributed by atoms with Crippen molar-refractivity contribution in [3.8, 4) is 0 Å². The van der Waals surface area contributed by atoms with E-state index in [1.54, 1.807) is 12.1 Å². The number of imidazole rings is 1. The number of aromatic nitrogens is 2. The molecular weight excluding hydrogens is 319 g/mol. The Morgan fingerprint density at radius 3 is 3.00 bits per heavy atom. The Labute approximate surface area is 147 Å².